The van der Waals surface area contributed by atoms with Gasteiger partial charge in [0.2, 0.25) is 0 Å². The number of nitrogens with zero attached hydrogens (tertiary/aromatic N) is 1. The van der Waals surface area contributed by atoms with Gasteiger partial charge in [-0.2, -0.15) is 0 Å². The van der Waals surface area contributed by atoms with E-state index in [9.17, 15) is 9.90 Å². The van der Waals surface area contributed by atoms with Crippen molar-refractivity contribution in [1.82, 2.24) is 4.90 Å². The summed E-state index contributed by atoms with van der Waals surface area (Å²) in [5.74, 6) is -0.688. The number of ether oxygens (including phenoxy) is 2. The molecule has 6 heteroatoms. The highest BCUT2D eigenvalue weighted by Crippen LogP contribution is 2.31. The predicted octanol–water partition coefficient (Wildman–Crippen LogP) is 8.88. The maximum Gasteiger partial charge on any atom is 0.303 e. The standard InChI is InChI=1S/C34H67NO5/c1-3-5-7-9-13-17-23-31(24-18-14-10-8-6-4-2)39-34-32(40-34)25-20-22-28-35(29-30-36)27-21-16-12-11-15-19-26-33(37)38/h31-32,34,36H,3-30H2,1-2H3,(H,37,38). The first-order valence-electron chi connectivity index (χ1n) is 17.5. The fourth-order valence-electron chi connectivity index (χ4n) is 5.70. The summed E-state index contributed by atoms with van der Waals surface area (Å²) >= 11 is 0. The summed E-state index contributed by atoms with van der Waals surface area (Å²) in [6, 6.07) is 0. The number of unbranched alkanes of at least 4 members (excludes halogenated alkanes) is 16. The van der Waals surface area contributed by atoms with E-state index >= 15 is 0 Å². The van der Waals surface area contributed by atoms with Gasteiger partial charge in [-0.05, 0) is 58.0 Å². The second kappa shape index (κ2) is 27.2. The van der Waals surface area contributed by atoms with Gasteiger partial charge in [0.15, 0.2) is 6.29 Å². The number of aliphatic hydroxyl groups excluding tert-OH is 1. The smallest absolute Gasteiger partial charge is 0.303 e. The molecule has 0 radical (unpaired) electrons. The van der Waals surface area contributed by atoms with Crippen LogP contribution >= 0.6 is 0 Å². The fourth-order valence-corrected chi connectivity index (χ4v) is 5.70. The first-order chi connectivity index (χ1) is 19.6. The van der Waals surface area contributed by atoms with E-state index in [0.29, 0.717) is 12.5 Å². The van der Waals surface area contributed by atoms with Crippen LogP contribution in [0.15, 0.2) is 0 Å². The molecule has 1 aliphatic heterocycles. The topological polar surface area (TPSA) is 82.5 Å². The number of epoxide rings is 1. The molecule has 2 unspecified atom stereocenters. The fraction of sp³-hybridized carbons (Fsp3) is 0.971. The third-order valence-corrected chi connectivity index (χ3v) is 8.37. The molecule has 1 saturated heterocycles. The van der Waals surface area contributed by atoms with Gasteiger partial charge in [-0.3, -0.25) is 4.79 Å². The zero-order valence-corrected chi connectivity index (χ0v) is 26.6. The number of aliphatic hydroxyl groups is 1. The Hall–Kier alpha value is -0.690. The van der Waals surface area contributed by atoms with Gasteiger partial charge in [0.1, 0.15) is 6.10 Å². The monoisotopic (exact) mass is 570 g/mol. The second-order valence-corrected chi connectivity index (χ2v) is 12.2. The number of hydrogen-bond donors (Lipinski definition) is 2. The molecule has 0 spiro atoms. The largest absolute Gasteiger partial charge is 0.481 e. The molecule has 0 aromatic carbocycles. The summed E-state index contributed by atoms with van der Waals surface area (Å²) in [6.07, 6.45) is 29.2. The Labute approximate surface area is 248 Å². The van der Waals surface area contributed by atoms with Crippen molar-refractivity contribution < 1.29 is 24.5 Å². The van der Waals surface area contributed by atoms with Crippen molar-refractivity contribution in [3.8, 4) is 0 Å². The highest BCUT2D eigenvalue weighted by atomic mass is 16.8. The molecule has 0 aliphatic carbocycles. The van der Waals surface area contributed by atoms with Gasteiger partial charge in [-0.25, -0.2) is 0 Å². The number of aliphatic carboxylic acids is 1. The van der Waals surface area contributed by atoms with Crippen molar-refractivity contribution in [3.05, 3.63) is 0 Å². The van der Waals surface area contributed by atoms with Crippen LogP contribution in [0.25, 0.3) is 0 Å². The number of rotatable bonds is 32. The summed E-state index contributed by atoms with van der Waals surface area (Å²) in [5.41, 5.74) is 0. The summed E-state index contributed by atoms with van der Waals surface area (Å²) in [5, 5.41) is 18.2. The number of hydrogen-bond acceptors (Lipinski definition) is 5. The summed E-state index contributed by atoms with van der Waals surface area (Å²) in [6.45, 7) is 7.61. The van der Waals surface area contributed by atoms with E-state index in [-0.39, 0.29) is 19.0 Å². The Morgan fingerprint density at radius 2 is 1.20 bits per heavy atom. The molecule has 0 amide bonds. The van der Waals surface area contributed by atoms with Gasteiger partial charge in [0.25, 0.3) is 0 Å². The van der Waals surface area contributed by atoms with Gasteiger partial charge in [-0.1, -0.05) is 117 Å². The van der Waals surface area contributed by atoms with Crippen LogP contribution in [0.2, 0.25) is 0 Å². The predicted molar refractivity (Wildman–Crippen MR) is 167 cm³/mol. The van der Waals surface area contributed by atoms with Crippen molar-refractivity contribution >= 4 is 5.97 Å². The minimum atomic E-state index is -0.688. The zero-order chi connectivity index (χ0) is 29.1. The molecular formula is C34H67NO5. The van der Waals surface area contributed by atoms with E-state index in [2.05, 4.69) is 18.7 Å². The Morgan fingerprint density at radius 3 is 1.75 bits per heavy atom. The molecule has 0 aromatic heterocycles. The lowest BCUT2D eigenvalue weighted by molar-refractivity contribution is -0.137. The molecule has 6 nitrogen and oxygen atoms in total. The van der Waals surface area contributed by atoms with Crippen LogP contribution in [0.1, 0.15) is 168 Å². The molecule has 0 bridgehead atoms. The van der Waals surface area contributed by atoms with E-state index in [4.69, 9.17) is 14.6 Å². The Morgan fingerprint density at radius 1 is 0.700 bits per heavy atom. The number of carbonyl (C=O) groups is 1. The quantitative estimate of drug-likeness (QED) is 0.0622. The van der Waals surface area contributed by atoms with Gasteiger partial charge in [0.05, 0.1) is 12.7 Å². The third-order valence-electron chi connectivity index (χ3n) is 8.37. The van der Waals surface area contributed by atoms with Crippen LogP contribution in [0.3, 0.4) is 0 Å². The van der Waals surface area contributed by atoms with Gasteiger partial charge >= 0.3 is 5.97 Å². The van der Waals surface area contributed by atoms with Gasteiger partial charge in [0, 0.05) is 13.0 Å². The lowest BCUT2D eigenvalue weighted by Crippen LogP contribution is -2.29. The van der Waals surface area contributed by atoms with Gasteiger partial charge < -0.3 is 24.6 Å². The van der Waals surface area contributed by atoms with E-state index in [1.807, 2.05) is 0 Å². The maximum atomic E-state index is 10.6. The molecule has 0 aromatic rings. The van der Waals surface area contributed by atoms with Crippen LogP contribution in [0.5, 0.6) is 0 Å². The van der Waals surface area contributed by atoms with Crippen molar-refractivity contribution in [2.75, 3.05) is 26.2 Å². The van der Waals surface area contributed by atoms with Crippen LogP contribution in [0, 0.1) is 0 Å². The molecule has 1 heterocycles. The molecule has 1 rings (SSSR count). The minimum Gasteiger partial charge on any atom is -0.481 e. The van der Waals surface area contributed by atoms with E-state index < -0.39 is 5.97 Å². The van der Waals surface area contributed by atoms with Crippen LogP contribution in [-0.2, 0) is 14.3 Å². The number of carboxylic acids is 1. The Kier molecular flexibility index (Phi) is 25.4. The zero-order valence-electron chi connectivity index (χ0n) is 26.6. The molecule has 2 atom stereocenters. The molecule has 0 saturated carbocycles. The highest BCUT2D eigenvalue weighted by molar-refractivity contribution is 5.66. The summed E-state index contributed by atoms with van der Waals surface area (Å²) < 4.78 is 12.4. The van der Waals surface area contributed by atoms with E-state index in [1.54, 1.807) is 0 Å². The maximum absolute atomic E-state index is 10.6. The van der Waals surface area contributed by atoms with Crippen molar-refractivity contribution in [1.29, 1.82) is 0 Å². The molecule has 2 N–H and O–H groups in total. The van der Waals surface area contributed by atoms with Crippen molar-refractivity contribution in [2.24, 2.45) is 0 Å². The van der Waals surface area contributed by atoms with E-state index in [1.165, 1.54) is 103 Å². The first-order valence-corrected chi connectivity index (χ1v) is 17.5. The Balaban J connectivity index is 2.18. The number of carboxylic acid groups (broad SMARTS) is 1. The average molecular weight is 570 g/mol. The van der Waals surface area contributed by atoms with Gasteiger partial charge in [-0.15, -0.1) is 0 Å². The van der Waals surface area contributed by atoms with Crippen molar-refractivity contribution in [3.63, 3.8) is 0 Å². The SMILES string of the molecule is CCCCCCCCC(CCCCCCCC)OC1OC1CCCCN(CCO)CCCCCCCCC(=O)O. The van der Waals surface area contributed by atoms with Crippen molar-refractivity contribution in [2.45, 2.75) is 186 Å². The lowest BCUT2D eigenvalue weighted by atomic mass is 10.0. The average Bonchev–Trinajstić information content (AvgIpc) is 3.68. The second-order valence-electron chi connectivity index (χ2n) is 12.2. The van der Waals surface area contributed by atoms with Crippen LogP contribution in [0.4, 0.5) is 0 Å². The molecular weight excluding hydrogens is 502 g/mol. The third kappa shape index (κ3) is 22.9. The molecule has 238 valence electrons. The molecule has 1 fully saturated rings. The minimum absolute atomic E-state index is 0.0224. The van der Waals surface area contributed by atoms with E-state index in [0.717, 1.165) is 64.6 Å². The summed E-state index contributed by atoms with van der Waals surface area (Å²) in [7, 11) is 0. The molecule has 1 aliphatic rings. The summed E-state index contributed by atoms with van der Waals surface area (Å²) in [4.78, 5) is 13.0. The normalized spacial score (nSPS) is 16.8. The first kappa shape index (κ1) is 37.3. The Bertz CT molecular complexity index is 544. The highest BCUT2D eigenvalue weighted by Gasteiger charge is 2.40. The van der Waals surface area contributed by atoms with Crippen LogP contribution < -0.4 is 0 Å². The molecule has 40 heavy (non-hydrogen) atoms. The van der Waals surface area contributed by atoms with Crippen LogP contribution in [-0.4, -0.2) is 65.8 Å². The lowest BCUT2D eigenvalue weighted by Gasteiger charge is -2.21.